The minimum Gasteiger partial charge on any atom is -0.383 e. The molecule has 0 aromatic heterocycles. The van der Waals surface area contributed by atoms with Gasteiger partial charge in [-0.3, -0.25) is 19.7 Å². The Morgan fingerprint density at radius 1 is 1.35 bits per heavy atom. The predicted molar refractivity (Wildman–Crippen MR) is 73.4 cm³/mol. The third-order valence-electron chi connectivity index (χ3n) is 2.77. The van der Waals surface area contributed by atoms with E-state index in [1.54, 1.807) is 0 Å². The number of amides is 2. The largest absolute Gasteiger partial charge is 0.383 e. The van der Waals surface area contributed by atoms with Crippen molar-refractivity contribution in [3.05, 3.63) is 33.9 Å². The number of primary amides is 1. The second-order valence-corrected chi connectivity index (χ2v) is 4.68. The highest BCUT2D eigenvalue weighted by molar-refractivity contribution is 5.99. The van der Waals surface area contributed by atoms with Crippen LogP contribution in [0.2, 0.25) is 0 Å². The van der Waals surface area contributed by atoms with Gasteiger partial charge in [-0.15, -0.1) is 0 Å². The Labute approximate surface area is 115 Å². The Hall–Kier alpha value is -2.64. The van der Waals surface area contributed by atoms with E-state index in [0.29, 0.717) is 0 Å². The van der Waals surface area contributed by atoms with E-state index in [0.717, 1.165) is 0 Å². The summed E-state index contributed by atoms with van der Waals surface area (Å²) in [5.74, 6) is -1.22. The van der Waals surface area contributed by atoms with Crippen molar-refractivity contribution in [3.63, 3.8) is 0 Å². The van der Waals surface area contributed by atoms with E-state index < -0.39 is 22.3 Å². The van der Waals surface area contributed by atoms with E-state index in [9.17, 15) is 19.7 Å². The predicted octanol–water partition coefficient (Wildman–Crippen LogP) is 0.630. The zero-order chi connectivity index (χ0) is 15.5. The van der Waals surface area contributed by atoms with Crippen LogP contribution in [-0.4, -0.2) is 29.3 Å². The molecule has 108 valence electrons. The number of nitrogens with zero attached hydrogens (tertiary/aromatic N) is 1. The van der Waals surface area contributed by atoms with Gasteiger partial charge in [0.05, 0.1) is 4.92 Å². The van der Waals surface area contributed by atoms with E-state index in [1.807, 2.05) is 0 Å². The third-order valence-corrected chi connectivity index (χ3v) is 2.77. The van der Waals surface area contributed by atoms with Gasteiger partial charge in [-0.2, -0.15) is 0 Å². The molecule has 0 saturated heterocycles. The lowest BCUT2D eigenvalue weighted by atomic mass is 10.0. The first-order valence-corrected chi connectivity index (χ1v) is 5.77. The molecule has 0 radical (unpaired) electrons. The summed E-state index contributed by atoms with van der Waals surface area (Å²) >= 11 is 0. The van der Waals surface area contributed by atoms with Gasteiger partial charge < -0.3 is 16.4 Å². The summed E-state index contributed by atoms with van der Waals surface area (Å²) < 4.78 is 0. The van der Waals surface area contributed by atoms with E-state index in [4.69, 9.17) is 5.73 Å². The molecule has 1 rings (SSSR count). The van der Waals surface area contributed by atoms with Crippen LogP contribution in [-0.2, 0) is 4.79 Å². The van der Waals surface area contributed by atoms with Gasteiger partial charge in [-0.25, -0.2) is 0 Å². The summed E-state index contributed by atoms with van der Waals surface area (Å²) in [6.07, 6.45) is 0. The first-order chi connectivity index (χ1) is 9.19. The average molecular weight is 280 g/mol. The number of carbonyl (C=O) groups excluding carboxylic acids is 2. The standard InChI is InChI=1S/C12H16N4O4/c1-12(2,11(13)18)15-10(17)7-4-5-9(16(19)20)8(6-7)14-3/h4-6,14H,1-3H3,(H2,13,18)(H,15,17). The van der Waals surface area contributed by atoms with Crippen LogP contribution in [0.5, 0.6) is 0 Å². The van der Waals surface area contributed by atoms with Crippen LogP contribution >= 0.6 is 0 Å². The van der Waals surface area contributed by atoms with Crippen LogP contribution in [0, 0.1) is 10.1 Å². The lowest BCUT2D eigenvalue weighted by Gasteiger charge is -2.22. The highest BCUT2D eigenvalue weighted by Crippen LogP contribution is 2.25. The van der Waals surface area contributed by atoms with Crippen LogP contribution in [0.1, 0.15) is 24.2 Å². The van der Waals surface area contributed by atoms with Crippen LogP contribution in [0.4, 0.5) is 11.4 Å². The SMILES string of the molecule is CNc1cc(C(=O)NC(C)(C)C(N)=O)ccc1[N+](=O)[O-]. The summed E-state index contributed by atoms with van der Waals surface area (Å²) in [5, 5.41) is 15.9. The maximum atomic E-state index is 12.0. The van der Waals surface area contributed by atoms with Crippen LogP contribution in [0.25, 0.3) is 0 Å². The highest BCUT2D eigenvalue weighted by Gasteiger charge is 2.27. The van der Waals surface area contributed by atoms with Gasteiger partial charge in [0.2, 0.25) is 5.91 Å². The smallest absolute Gasteiger partial charge is 0.292 e. The quantitative estimate of drug-likeness (QED) is 0.538. The molecular formula is C12H16N4O4. The van der Waals surface area contributed by atoms with E-state index in [-0.39, 0.29) is 16.9 Å². The van der Waals surface area contributed by atoms with Crippen LogP contribution in [0.15, 0.2) is 18.2 Å². The minimum atomic E-state index is -1.21. The topological polar surface area (TPSA) is 127 Å². The van der Waals surface area contributed by atoms with Gasteiger partial charge in [-0.1, -0.05) is 0 Å². The molecule has 0 spiro atoms. The maximum absolute atomic E-state index is 12.0. The van der Waals surface area contributed by atoms with Crippen molar-refractivity contribution in [2.75, 3.05) is 12.4 Å². The second kappa shape index (κ2) is 5.55. The van der Waals surface area contributed by atoms with E-state index >= 15 is 0 Å². The molecule has 0 bridgehead atoms. The van der Waals surface area contributed by atoms with Gasteiger partial charge in [0.15, 0.2) is 0 Å². The van der Waals surface area contributed by atoms with Crippen molar-refractivity contribution in [1.82, 2.24) is 5.32 Å². The molecule has 0 aliphatic carbocycles. The molecular weight excluding hydrogens is 264 g/mol. The zero-order valence-electron chi connectivity index (χ0n) is 11.4. The Bertz CT molecular complexity index is 569. The molecule has 0 saturated carbocycles. The summed E-state index contributed by atoms with van der Waals surface area (Å²) in [6.45, 7) is 2.94. The van der Waals surface area contributed by atoms with Crippen molar-refractivity contribution >= 4 is 23.2 Å². The summed E-state index contributed by atoms with van der Waals surface area (Å²) in [5.41, 5.74) is 4.21. The number of anilines is 1. The lowest BCUT2D eigenvalue weighted by Crippen LogP contribution is -2.53. The fourth-order valence-corrected chi connectivity index (χ4v) is 1.45. The number of hydrogen-bond donors (Lipinski definition) is 3. The number of nitro benzene ring substituents is 1. The van der Waals surface area contributed by atoms with Gasteiger partial charge in [0.25, 0.3) is 11.6 Å². The Kier molecular flexibility index (Phi) is 4.28. The van der Waals surface area contributed by atoms with E-state index in [2.05, 4.69) is 10.6 Å². The van der Waals surface area contributed by atoms with Crippen LogP contribution < -0.4 is 16.4 Å². The zero-order valence-corrected chi connectivity index (χ0v) is 11.4. The number of hydrogen-bond acceptors (Lipinski definition) is 5. The molecule has 0 atom stereocenters. The molecule has 0 heterocycles. The average Bonchev–Trinajstić information content (AvgIpc) is 2.36. The Morgan fingerprint density at radius 2 is 1.95 bits per heavy atom. The molecule has 8 heteroatoms. The Morgan fingerprint density at radius 3 is 2.40 bits per heavy atom. The van der Waals surface area contributed by atoms with Crippen molar-refractivity contribution < 1.29 is 14.5 Å². The third kappa shape index (κ3) is 3.22. The normalized spacial score (nSPS) is 10.8. The van der Waals surface area contributed by atoms with Crippen LogP contribution in [0.3, 0.4) is 0 Å². The van der Waals surface area contributed by atoms with Gasteiger partial charge in [-0.05, 0) is 26.0 Å². The number of benzene rings is 1. The molecule has 8 nitrogen and oxygen atoms in total. The minimum absolute atomic E-state index is 0.141. The molecule has 0 aliphatic rings. The molecule has 0 aliphatic heterocycles. The number of rotatable bonds is 5. The number of nitrogens with two attached hydrogens (primary N) is 1. The lowest BCUT2D eigenvalue weighted by molar-refractivity contribution is -0.383. The maximum Gasteiger partial charge on any atom is 0.292 e. The molecule has 4 N–H and O–H groups in total. The first kappa shape index (κ1) is 15.4. The molecule has 1 aromatic carbocycles. The van der Waals surface area contributed by atoms with Crippen molar-refractivity contribution in [3.8, 4) is 0 Å². The number of carbonyl (C=O) groups is 2. The van der Waals surface area contributed by atoms with Gasteiger partial charge in [0, 0.05) is 18.7 Å². The fraction of sp³-hybridized carbons (Fsp3) is 0.333. The van der Waals surface area contributed by atoms with Crippen molar-refractivity contribution in [2.24, 2.45) is 5.73 Å². The molecule has 0 unspecified atom stereocenters. The number of nitrogens with one attached hydrogen (secondary N) is 2. The molecule has 2 amide bonds. The van der Waals surface area contributed by atoms with Gasteiger partial charge in [0.1, 0.15) is 11.2 Å². The summed E-state index contributed by atoms with van der Waals surface area (Å²) in [4.78, 5) is 33.4. The monoisotopic (exact) mass is 280 g/mol. The van der Waals surface area contributed by atoms with Crippen molar-refractivity contribution in [2.45, 2.75) is 19.4 Å². The fourth-order valence-electron chi connectivity index (χ4n) is 1.45. The first-order valence-electron chi connectivity index (χ1n) is 5.77. The second-order valence-electron chi connectivity index (χ2n) is 4.68. The molecule has 20 heavy (non-hydrogen) atoms. The molecule has 0 fully saturated rings. The summed E-state index contributed by atoms with van der Waals surface area (Å²) in [6, 6.07) is 3.87. The van der Waals surface area contributed by atoms with E-state index in [1.165, 1.54) is 39.1 Å². The Balaban J connectivity index is 3.07. The molecule has 1 aromatic rings. The van der Waals surface area contributed by atoms with Gasteiger partial charge >= 0.3 is 0 Å². The summed E-state index contributed by atoms with van der Waals surface area (Å²) in [7, 11) is 1.51. The van der Waals surface area contributed by atoms with Crippen molar-refractivity contribution in [1.29, 1.82) is 0 Å². The number of nitro groups is 1. The highest BCUT2D eigenvalue weighted by atomic mass is 16.6.